The molecule has 2 aromatic carbocycles. The zero-order valence-corrected chi connectivity index (χ0v) is 10.1. The lowest BCUT2D eigenvalue weighted by Gasteiger charge is -2.06. The first-order chi connectivity index (χ1) is 8.69. The highest BCUT2D eigenvalue weighted by Crippen LogP contribution is 2.12. The number of halogens is 1. The Morgan fingerprint density at radius 2 is 1.89 bits per heavy atom. The Kier molecular flexibility index (Phi) is 3.72. The standard InChI is InChI=1S/C15H14FNO/c1-2-11-6-8-14(9-7-11)17-15(18)12-4-3-5-13(16)10-12/h3-10H,2H2,1H3,(H,17,18). The van der Waals surface area contributed by atoms with Crippen LogP contribution in [0.1, 0.15) is 22.8 Å². The highest BCUT2D eigenvalue weighted by atomic mass is 19.1. The predicted octanol–water partition coefficient (Wildman–Crippen LogP) is 3.64. The molecule has 0 aliphatic heterocycles. The minimum atomic E-state index is -0.413. The maximum Gasteiger partial charge on any atom is 0.255 e. The Bertz CT molecular complexity index is 549. The minimum Gasteiger partial charge on any atom is -0.322 e. The smallest absolute Gasteiger partial charge is 0.255 e. The number of nitrogens with one attached hydrogen (secondary N) is 1. The first-order valence-electron chi connectivity index (χ1n) is 5.85. The monoisotopic (exact) mass is 243 g/mol. The second-order valence-electron chi connectivity index (χ2n) is 4.01. The number of rotatable bonds is 3. The van der Waals surface area contributed by atoms with Crippen molar-refractivity contribution in [3.8, 4) is 0 Å². The predicted molar refractivity (Wildman–Crippen MR) is 70.2 cm³/mol. The van der Waals surface area contributed by atoms with Crippen LogP contribution in [0.5, 0.6) is 0 Å². The molecule has 2 aromatic rings. The molecular weight excluding hydrogens is 229 g/mol. The van der Waals surface area contributed by atoms with Crippen LogP contribution in [0, 0.1) is 5.82 Å². The van der Waals surface area contributed by atoms with E-state index in [2.05, 4.69) is 12.2 Å². The molecule has 18 heavy (non-hydrogen) atoms. The van der Waals surface area contributed by atoms with Crippen LogP contribution >= 0.6 is 0 Å². The average Bonchev–Trinajstić information content (AvgIpc) is 2.39. The van der Waals surface area contributed by atoms with Gasteiger partial charge in [0.1, 0.15) is 5.82 Å². The van der Waals surface area contributed by atoms with Crippen molar-refractivity contribution in [2.75, 3.05) is 5.32 Å². The number of carbonyl (C=O) groups excluding carboxylic acids is 1. The van der Waals surface area contributed by atoms with Crippen molar-refractivity contribution < 1.29 is 9.18 Å². The third kappa shape index (κ3) is 2.94. The lowest BCUT2D eigenvalue weighted by atomic mass is 10.1. The molecule has 1 N–H and O–H groups in total. The van der Waals surface area contributed by atoms with Gasteiger partial charge in [0.2, 0.25) is 0 Å². The number of anilines is 1. The highest BCUT2D eigenvalue weighted by molar-refractivity contribution is 6.04. The van der Waals surface area contributed by atoms with Crippen LogP contribution in [0.15, 0.2) is 48.5 Å². The zero-order valence-electron chi connectivity index (χ0n) is 10.1. The van der Waals surface area contributed by atoms with E-state index in [1.807, 2.05) is 24.3 Å². The fourth-order valence-electron chi connectivity index (χ4n) is 1.66. The van der Waals surface area contributed by atoms with Gasteiger partial charge in [-0.25, -0.2) is 4.39 Å². The van der Waals surface area contributed by atoms with Crippen molar-refractivity contribution in [2.24, 2.45) is 0 Å². The SMILES string of the molecule is CCc1ccc(NC(=O)c2cccc(F)c2)cc1. The van der Waals surface area contributed by atoms with Gasteiger partial charge >= 0.3 is 0 Å². The van der Waals surface area contributed by atoms with Crippen molar-refractivity contribution in [1.29, 1.82) is 0 Å². The molecule has 3 heteroatoms. The Labute approximate surface area is 105 Å². The number of benzene rings is 2. The van der Waals surface area contributed by atoms with E-state index in [9.17, 15) is 9.18 Å². The van der Waals surface area contributed by atoms with Crippen LogP contribution in [0.2, 0.25) is 0 Å². The third-order valence-electron chi connectivity index (χ3n) is 2.71. The Balaban J connectivity index is 2.11. The minimum absolute atomic E-state index is 0.307. The summed E-state index contributed by atoms with van der Waals surface area (Å²) in [4.78, 5) is 11.8. The summed E-state index contributed by atoms with van der Waals surface area (Å²) in [6.45, 7) is 2.07. The summed E-state index contributed by atoms with van der Waals surface area (Å²) in [5.74, 6) is -0.720. The van der Waals surface area contributed by atoms with Crippen LogP contribution in [0.4, 0.5) is 10.1 Å². The molecule has 0 radical (unpaired) electrons. The van der Waals surface area contributed by atoms with Gasteiger partial charge in [-0.1, -0.05) is 25.1 Å². The number of hydrogen-bond acceptors (Lipinski definition) is 1. The van der Waals surface area contributed by atoms with E-state index in [1.54, 1.807) is 6.07 Å². The molecule has 0 atom stereocenters. The van der Waals surface area contributed by atoms with Crippen LogP contribution in [-0.4, -0.2) is 5.91 Å². The van der Waals surface area contributed by atoms with Gasteiger partial charge in [0.15, 0.2) is 0 Å². The van der Waals surface area contributed by atoms with E-state index >= 15 is 0 Å². The normalized spacial score (nSPS) is 10.1. The molecule has 1 amide bonds. The number of hydrogen-bond donors (Lipinski definition) is 1. The number of amides is 1. The second-order valence-corrected chi connectivity index (χ2v) is 4.01. The van der Waals surface area contributed by atoms with Crippen molar-refractivity contribution in [3.63, 3.8) is 0 Å². The van der Waals surface area contributed by atoms with Gasteiger partial charge in [-0.2, -0.15) is 0 Å². The van der Waals surface area contributed by atoms with Crippen molar-refractivity contribution in [1.82, 2.24) is 0 Å². The molecule has 0 aliphatic rings. The molecule has 0 aliphatic carbocycles. The molecule has 0 heterocycles. The fourth-order valence-corrected chi connectivity index (χ4v) is 1.66. The van der Waals surface area contributed by atoms with E-state index in [0.717, 1.165) is 6.42 Å². The molecular formula is C15H14FNO. The lowest BCUT2D eigenvalue weighted by Crippen LogP contribution is -2.11. The second kappa shape index (κ2) is 5.45. The van der Waals surface area contributed by atoms with Crippen molar-refractivity contribution in [3.05, 3.63) is 65.5 Å². The van der Waals surface area contributed by atoms with Gasteiger partial charge in [-0.05, 0) is 42.3 Å². The molecule has 0 aromatic heterocycles. The molecule has 0 unspecified atom stereocenters. The van der Waals surface area contributed by atoms with Gasteiger partial charge in [0.25, 0.3) is 5.91 Å². The Morgan fingerprint density at radius 3 is 2.50 bits per heavy atom. The summed E-state index contributed by atoms with van der Waals surface area (Å²) >= 11 is 0. The van der Waals surface area contributed by atoms with E-state index < -0.39 is 5.82 Å². The maximum atomic E-state index is 13.0. The Hall–Kier alpha value is -2.16. The average molecular weight is 243 g/mol. The van der Waals surface area contributed by atoms with E-state index in [0.29, 0.717) is 11.3 Å². The maximum absolute atomic E-state index is 13.0. The first kappa shape index (κ1) is 12.3. The zero-order chi connectivity index (χ0) is 13.0. The molecule has 2 nitrogen and oxygen atoms in total. The lowest BCUT2D eigenvalue weighted by molar-refractivity contribution is 0.102. The fraction of sp³-hybridized carbons (Fsp3) is 0.133. The van der Waals surface area contributed by atoms with Crippen LogP contribution in [0.3, 0.4) is 0 Å². The number of carbonyl (C=O) groups is 1. The Morgan fingerprint density at radius 1 is 1.17 bits per heavy atom. The first-order valence-corrected chi connectivity index (χ1v) is 5.85. The third-order valence-corrected chi connectivity index (χ3v) is 2.71. The molecule has 0 fully saturated rings. The van der Waals surface area contributed by atoms with Crippen LogP contribution < -0.4 is 5.32 Å². The van der Waals surface area contributed by atoms with E-state index in [1.165, 1.54) is 23.8 Å². The molecule has 0 bridgehead atoms. The van der Waals surface area contributed by atoms with Gasteiger partial charge < -0.3 is 5.32 Å². The molecule has 0 saturated heterocycles. The van der Waals surface area contributed by atoms with Gasteiger partial charge in [0, 0.05) is 11.3 Å². The summed E-state index contributed by atoms with van der Waals surface area (Å²) in [5.41, 5.74) is 2.23. The quantitative estimate of drug-likeness (QED) is 0.876. The van der Waals surface area contributed by atoms with E-state index in [4.69, 9.17) is 0 Å². The summed E-state index contributed by atoms with van der Waals surface area (Å²) in [6, 6.07) is 13.2. The van der Waals surface area contributed by atoms with Gasteiger partial charge in [-0.3, -0.25) is 4.79 Å². The molecule has 92 valence electrons. The van der Waals surface area contributed by atoms with Crippen LogP contribution in [0.25, 0.3) is 0 Å². The number of aryl methyl sites for hydroxylation is 1. The summed E-state index contributed by atoms with van der Waals surface area (Å²) in [5, 5.41) is 2.73. The molecule has 2 rings (SSSR count). The summed E-state index contributed by atoms with van der Waals surface area (Å²) in [6.07, 6.45) is 0.956. The summed E-state index contributed by atoms with van der Waals surface area (Å²) in [7, 11) is 0. The van der Waals surface area contributed by atoms with Crippen molar-refractivity contribution >= 4 is 11.6 Å². The van der Waals surface area contributed by atoms with E-state index in [-0.39, 0.29) is 5.91 Å². The molecule has 0 saturated carbocycles. The highest BCUT2D eigenvalue weighted by Gasteiger charge is 2.06. The largest absolute Gasteiger partial charge is 0.322 e. The van der Waals surface area contributed by atoms with Gasteiger partial charge in [-0.15, -0.1) is 0 Å². The van der Waals surface area contributed by atoms with Gasteiger partial charge in [0.05, 0.1) is 0 Å². The summed E-state index contributed by atoms with van der Waals surface area (Å²) < 4.78 is 13.0. The topological polar surface area (TPSA) is 29.1 Å². The van der Waals surface area contributed by atoms with Crippen molar-refractivity contribution in [2.45, 2.75) is 13.3 Å². The molecule has 0 spiro atoms. The van der Waals surface area contributed by atoms with Crippen LogP contribution in [-0.2, 0) is 6.42 Å².